The molecule has 1 N–H and O–H groups in total. The summed E-state index contributed by atoms with van der Waals surface area (Å²) in [5.74, 6) is -0.203. The van der Waals surface area contributed by atoms with Crippen LogP contribution < -0.4 is 14.4 Å². The first-order valence-corrected chi connectivity index (χ1v) is 14.4. The van der Waals surface area contributed by atoms with Crippen molar-refractivity contribution in [1.29, 1.82) is 0 Å². The van der Waals surface area contributed by atoms with Crippen LogP contribution >= 0.6 is 0 Å². The fourth-order valence-electron chi connectivity index (χ4n) is 4.09. The summed E-state index contributed by atoms with van der Waals surface area (Å²) in [5, 5.41) is 2.93. The fraction of sp³-hybridized carbons (Fsp3) is 0.333. The summed E-state index contributed by atoms with van der Waals surface area (Å²) in [6.07, 6.45) is 0.735. The van der Waals surface area contributed by atoms with Gasteiger partial charge < -0.3 is 15.0 Å². The summed E-state index contributed by atoms with van der Waals surface area (Å²) in [7, 11) is -2.54. The summed E-state index contributed by atoms with van der Waals surface area (Å²) >= 11 is 0. The van der Waals surface area contributed by atoms with Crippen molar-refractivity contribution >= 4 is 27.5 Å². The van der Waals surface area contributed by atoms with Gasteiger partial charge in [0.1, 0.15) is 18.3 Å². The lowest BCUT2D eigenvalue weighted by molar-refractivity contribution is -0.139. The number of nitrogens with one attached hydrogen (secondary N) is 1. The Balaban J connectivity index is 2.03. The first-order chi connectivity index (χ1) is 18.6. The molecule has 0 fully saturated rings. The van der Waals surface area contributed by atoms with E-state index in [2.05, 4.69) is 5.32 Å². The second-order valence-electron chi connectivity index (χ2n) is 9.48. The molecule has 0 aromatic heterocycles. The van der Waals surface area contributed by atoms with Gasteiger partial charge in [-0.15, -0.1) is 0 Å². The Morgan fingerprint density at radius 2 is 1.62 bits per heavy atom. The third kappa shape index (κ3) is 7.38. The molecule has 0 saturated carbocycles. The number of carbonyl (C=O) groups excluding carboxylic acids is 2. The van der Waals surface area contributed by atoms with Crippen molar-refractivity contribution in [3.63, 3.8) is 0 Å². The van der Waals surface area contributed by atoms with E-state index in [0.29, 0.717) is 17.0 Å². The lowest BCUT2D eigenvalue weighted by Crippen LogP contribution is -2.52. The molecule has 0 aliphatic carbocycles. The third-order valence-corrected chi connectivity index (χ3v) is 8.42. The summed E-state index contributed by atoms with van der Waals surface area (Å²) in [5.41, 5.74) is 1.85. The normalized spacial score (nSPS) is 12.7. The topological polar surface area (TPSA) is 96.0 Å². The molecule has 0 saturated heterocycles. The Morgan fingerprint density at radius 3 is 2.26 bits per heavy atom. The van der Waals surface area contributed by atoms with E-state index in [1.165, 1.54) is 17.0 Å². The van der Waals surface area contributed by atoms with Crippen molar-refractivity contribution in [3.05, 3.63) is 90.0 Å². The number of para-hydroxylation sites is 1. The molecule has 0 heterocycles. The standard InChI is InChI=1S/C30H37N3O5S/c1-6-23(3)31-30(35)24(4)32(20-25-14-12-15-26(19-25)38-5)29(34)21-33(28-18-11-10-13-22(28)2)39(36,37)27-16-8-7-9-17-27/h7-19,23-24H,6,20-21H2,1-5H3,(H,31,35)/t23-,24-/m1/s1. The summed E-state index contributed by atoms with van der Waals surface area (Å²) in [6, 6.07) is 21.3. The SMILES string of the molecule is CC[C@@H](C)NC(=O)[C@@H](C)N(Cc1cccc(OC)c1)C(=O)CN(c1ccccc1C)S(=O)(=O)c1ccccc1. The van der Waals surface area contributed by atoms with E-state index in [-0.39, 0.29) is 23.4 Å². The second kappa shape index (κ2) is 13.3. The summed E-state index contributed by atoms with van der Waals surface area (Å²) in [6.45, 7) is 6.92. The average Bonchev–Trinajstić information content (AvgIpc) is 2.95. The number of carbonyl (C=O) groups is 2. The van der Waals surface area contributed by atoms with Crippen molar-refractivity contribution in [2.45, 2.75) is 57.6 Å². The molecule has 0 aliphatic heterocycles. The first kappa shape index (κ1) is 29.7. The van der Waals surface area contributed by atoms with E-state index in [1.54, 1.807) is 75.6 Å². The van der Waals surface area contributed by atoms with Crippen molar-refractivity contribution in [1.82, 2.24) is 10.2 Å². The average molecular weight is 552 g/mol. The molecule has 8 nitrogen and oxygen atoms in total. The maximum absolute atomic E-state index is 14.0. The molecule has 39 heavy (non-hydrogen) atoms. The molecule has 0 spiro atoms. The van der Waals surface area contributed by atoms with Crippen molar-refractivity contribution < 1.29 is 22.7 Å². The highest BCUT2D eigenvalue weighted by molar-refractivity contribution is 7.92. The van der Waals surface area contributed by atoms with E-state index in [1.807, 2.05) is 26.0 Å². The van der Waals surface area contributed by atoms with Gasteiger partial charge in [-0.25, -0.2) is 8.42 Å². The number of amides is 2. The van der Waals surface area contributed by atoms with Crippen LogP contribution in [0, 0.1) is 6.92 Å². The zero-order valence-electron chi connectivity index (χ0n) is 23.1. The van der Waals surface area contributed by atoms with E-state index in [9.17, 15) is 18.0 Å². The molecule has 0 unspecified atom stereocenters. The zero-order chi connectivity index (χ0) is 28.6. The van der Waals surface area contributed by atoms with Crippen molar-refractivity contribution in [2.24, 2.45) is 0 Å². The van der Waals surface area contributed by atoms with Gasteiger partial charge >= 0.3 is 0 Å². The van der Waals surface area contributed by atoms with Crippen LogP contribution in [-0.2, 0) is 26.2 Å². The van der Waals surface area contributed by atoms with Crippen LogP contribution in [0.15, 0.2) is 83.8 Å². The molecule has 0 aliphatic rings. The number of sulfonamides is 1. The molecule has 208 valence electrons. The smallest absolute Gasteiger partial charge is 0.264 e. The maximum Gasteiger partial charge on any atom is 0.264 e. The number of rotatable bonds is 12. The number of aryl methyl sites for hydroxylation is 1. The molecular weight excluding hydrogens is 514 g/mol. The molecular formula is C30H37N3O5S. The number of nitrogens with zero attached hydrogens (tertiary/aromatic N) is 2. The van der Waals surface area contributed by atoms with Gasteiger partial charge in [-0.2, -0.15) is 0 Å². The molecule has 2 atom stereocenters. The highest BCUT2D eigenvalue weighted by atomic mass is 32.2. The van der Waals surface area contributed by atoms with Gasteiger partial charge in [0.2, 0.25) is 11.8 Å². The van der Waals surface area contributed by atoms with Gasteiger partial charge in [-0.1, -0.05) is 55.5 Å². The van der Waals surface area contributed by atoms with E-state index in [4.69, 9.17) is 4.74 Å². The summed E-state index contributed by atoms with van der Waals surface area (Å²) in [4.78, 5) is 28.6. The number of benzene rings is 3. The van der Waals surface area contributed by atoms with Crippen LogP contribution in [0.25, 0.3) is 0 Å². The lowest BCUT2D eigenvalue weighted by atomic mass is 10.1. The van der Waals surface area contributed by atoms with Gasteiger partial charge in [0.05, 0.1) is 17.7 Å². The minimum atomic E-state index is -4.09. The largest absolute Gasteiger partial charge is 0.497 e. The number of hydrogen-bond donors (Lipinski definition) is 1. The van der Waals surface area contributed by atoms with Crippen LogP contribution in [-0.4, -0.2) is 50.9 Å². The molecule has 3 aromatic carbocycles. The maximum atomic E-state index is 14.0. The quantitative estimate of drug-likeness (QED) is 0.357. The van der Waals surface area contributed by atoms with Gasteiger partial charge in [-0.05, 0) is 68.7 Å². The van der Waals surface area contributed by atoms with Crippen molar-refractivity contribution in [2.75, 3.05) is 18.0 Å². The number of ether oxygens (including phenoxy) is 1. The van der Waals surface area contributed by atoms with Crippen molar-refractivity contribution in [3.8, 4) is 5.75 Å². The Hall–Kier alpha value is -3.85. The zero-order valence-corrected chi connectivity index (χ0v) is 23.9. The second-order valence-corrected chi connectivity index (χ2v) is 11.3. The van der Waals surface area contributed by atoms with Gasteiger partial charge in [-0.3, -0.25) is 13.9 Å². The molecule has 3 rings (SSSR count). The third-order valence-electron chi connectivity index (χ3n) is 6.65. The molecule has 2 amide bonds. The Kier molecular flexibility index (Phi) is 10.1. The highest BCUT2D eigenvalue weighted by Crippen LogP contribution is 2.27. The minimum Gasteiger partial charge on any atom is -0.497 e. The predicted octanol–water partition coefficient (Wildman–Crippen LogP) is 4.53. The van der Waals surface area contributed by atoms with Gasteiger partial charge in [0, 0.05) is 12.6 Å². The van der Waals surface area contributed by atoms with Crippen LogP contribution in [0.2, 0.25) is 0 Å². The Morgan fingerprint density at radius 1 is 0.949 bits per heavy atom. The number of anilines is 1. The molecule has 0 radical (unpaired) electrons. The lowest BCUT2D eigenvalue weighted by Gasteiger charge is -2.33. The van der Waals surface area contributed by atoms with E-state index >= 15 is 0 Å². The van der Waals surface area contributed by atoms with Gasteiger partial charge in [0.25, 0.3) is 10.0 Å². The van der Waals surface area contributed by atoms with Crippen LogP contribution in [0.1, 0.15) is 38.3 Å². The van der Waals surface area contributed by atoms with E-state index < -0.39 is 28.5 Å². The monoisotopic (exact) mass is 551 g/mol. The van der Waals surface area contributed by atoms with E-state index in [0.717, 1.165) is 16.3 Å². The molecule has 0 bridgehead atoms. The van der Waals surface area contributed by atoms with Crippen LogP contribution in [0.5, 0.6) is 5.75 Å². The van der Waals surface area contributed by atoms with Crippen LogP contribution in [0.3, 0.4) is 0 Å². The number of methoxy groups -OCH3 is 1. The predicted molar refractivity (Wildman–Crippen MR) is 153 cm³/mol. The number of hydrogen-bond acceptors (Lipinski definition) is 5. The van der Waals surface area contributed by atoms with Gasteiger partial charge in [0.15, 0.2) is 0 Å². The first-order valence-electron chi connectivity index (χ1n) is 12.9. The molecule has 3 aromatic rings. The Bertz CT molecular complexity index is 1380. The Labute approximate surface area is 231 Å². The van der Waals surface area contributed by atoms with Crippen LogP contribution in [0.4, 0.5) is 5.69 Å². The fourth-order valence-corrected chi connectivity index (χ4v) is 5.59. The highest BCUT2D eigenvalue weighted by Gasteiger charge is 2.33. The minimum absolute atomic E-state index is 0.0722. The summed E-state index contributed by atoms with van der Waals surface area (Å²) < 4.78 is 34.1. The molecule has 9 heteroatoms.